The second-order valence-electron chi connectivity index (χ2n) is 5.77. The van der Waals surface area contributed by atoms with Gasteiger partial charge in [-0.15, -0.1) is 22.7 Å². The highest BCUT2D eigenvalue weighted by Crippen LogP contribution is 2.21. The number of hydrogen-bond acceptors (Lipinski definition) is 6. The number of nitrogens with one attached hydrogen (secondary N) is 1. The maximum atomic E-state index is 4.63. The molecule has 0 radical (unpaired) electrons. The summed E-state index contributed by atoms with van der Waals surface area (Å²) in [7, 11) is 0. The molecule has 0 amide bonds. The molecular formula is C15H22N4S2. The normalized spacial score (nSPS) is 18.7. The number of aromatic nitrogens is 2. The van der Waals surface area contributed by atoms with Gasteiger partial charge in [-0.1, -0.05) is 0 Å². The Balaban J connectivity index is 1.68. The van der Waals surface area contributed by atoms with E-state index < -0.39 is 0 Å². The van der Waals surface area contributed by atoms with Gasteiger partial charge in [-0.2, -0.15) is 0 Å². The Morgan fingerprint density at radius 2 is 2.24 bits per heavy atom. The molecule has 114 valence electrons. The average molecular weight is 323 g/mol. The standard InChI is InChI=1S/C15H22N4S2/c1-11-9-20-15(18-11)8-19(6-13-3-4-16-5-13)7-14-12(2)17-10-21-14/h9-10,13,16H,3-8H2,1-2H3/t13-/m0/s1. The largest absolute Gasteiger partial charge is 0.316 e. The number of hydrogen-bond donors (Lipinski definition) is 1. The van der Waals surface area contributed by atoms with Crippen LogP contribution in [0.3, 0.4) is 0 Å². The minimum absolute atomic E-state index is 0.763. The summed E-state index contributed by atoms with van der Waals surface area (Å²) in [6, 6.07) is 0. The summed E-state index contributed by atoms with van der Waals surface area (Å²) in [6.45, 7) is 9.57. The second kappa shape index (κ2) is 6.96. The van der Waals surface area contributed by atoms with Crippen LogP contribution in [0, 0.1) is 19.8 Å². The third-order valence-electron chi connectivity index (χ3n) is 3.92. The molecule has 0 aliphatic carbocycles. The molecule has 2 aromatic rings. The summed E-state index contributed by atoms with van der Waals surface area (Å²) >= 11 is 3.54. The van der Waals surface area contributed by atoms with Crippen LogP contribution in [0.25, 0.3) is 0 Å². The van der Waals surface area contributed by atoms with Gasteiger partial charge in [0, 0.05) is 29.0 Å². The van der Waals surface area contributed by atoms with E-state index in [4.69, 9.17) is 0 Å². The van der Waals surface area contributed by atoms with Gasteiger partial charge in [0.15, 0.2) is 0 Å². The highest BCUT2D eigenvalue weighted by Gasteiger charge is 2.20. The van der Waals surface area contributed by atoms with E-state index in [1.807, 2.05) is 5.51 Å². The van der Waals surface area contributed by atoms with E-state index >= 15 is 0 Å². The zero-order chi connectivity index (χ0) is 14.7. The minimum Gasteiger partial charge on any atom is -0.316 e. The molecule has 4 nitrogen and oxygen atoms in total. The van der Waals surface area contributed by atoms with E-state index in [2.05, 4.69) is 39.4 Å². The monoisotopic (exact) mass is 322 g/mol. The molecule has 21 heavy (non-hydrogen) atoms. The summed E-state index contributed by atoms with van der Waals surface area (Å²) in [5.74, 6) is 0.763. The Labute approximate surface area is 134 Å². The molecule has 1 aliphatic heterocycles. The van der Waals surface area contributed by atoms with Crippen LogP contribution in [0.1, 0.15) is 27.7 Å². The molecule has 0 bridgehead atoms. The van der Waals surface area contributed by atoms with E-state index in [-0.39, 0.29) is 0 Å². The van der Waals surface area contributed by atoms with Gasteiger partial charge in [0.2, 0.25) is 0 Å². The van der Waals surface area contributed by atoms with E-state index in [0.717, 1.165) is 44.3 Å². The first-order valence-corrected chi connectivity index (χ1v) is 9.19. The van der Waals surface area contributed by atoms with Gasteiger partial charge in [-0.3, -0.25) is 4.90 Å². The molecule has 2 aromatic heterocycles. The molecule has 3 heterocycles. The first-order valence-electron chi connectivity index (χ1n) is 7.43. The molecule has 0 aromatic carbocycles. The zero-order valence-corrected chi connectivity index (χ0v) is 14.3. The Kier molecular flexibility index (Phi) is 5.00. The lowest BCUT2D eigenvalue weighted by Gasteiger charge is -2.24. The van der Waals surface area contributed by atoms with Gasteiger partial charge in [-0.05, 0) is 39.3 Å². The summed E-state index contributed by atoms with van der Waals surface area (Å²) in [6.07, 6.45) is 1.29. The Morgan fingerprint density at radius 3 is 2.86 bits per heavy atom. The topological polar surface area (TPSA) is 41.1 Å². The van der Waals surface area contributed by atoms with Gasteiger partial charge < -0.3 is 5.32 Å². The first kappa shape index (κ1) is 15.1. The fourth-order valence-electron chi connectivity index (χ4n) is 2.77. The van der Waals surface area contributed by atoms with Crippen LogP contribution in [0.4, 0.5) is 0 Å². The summed E-state index contributed by atoms with van der Waals surface area (Å²) in [5.41, 5.74) is 4.25. The molecule has 0 unspecified atom stereocenters. The van der Waals surface area contributed by atoms with E-state index in [1.165, 1.54) is 22.0 Å². The molecule has 0 saturated carbocycles. The fraction of sp³-hybridized carbons (Fsp3) is 0.600. The highest BCUT2D eigenvalue weighted by molar-refractivity contribution is 7.10. The van der Waals surface area contributed by atoms with Gasteiger partial charge >= 0.3 is 0 Å². The molecule has 6 heteroatoms. The Bertz CT molecular complexity index is 572. The lowest BCUT2D eigenvalue weighted by molar-refractivity contribution is 0.221. The highest BCUT2D eigenvalue weighted by atomic mass is 32.1. The molecule has 3 rings (SSSR count). The lowest BCUT2D eigenvalue weighted by atomic mass is 10.1. The number of nitrogens with zero attached hydrogens (tertiary/aromatic N) is 3. The Hall–Kier alpha value is -0.820. The molecule has 1 fully saturated rings. The van der Waals surface area contributed by atoms with Gasteiger partial charge in [0.05, 0.1) is 17.7 Å². The maximum Gasteiger partial charge on any atom is 0.107 e. The molecule has 1 N–H and O–H groups in total. The predicted molar refractivity (Wildman–Crippen MR) is 88.8 cm³/mol. The van der Waals surface area contributed by atoms with Crippen molar-refractivity contribution in [2.24, 2.45) is 5.92 Å². The second-order valence-corrected chi connectivity index (χ2v) is 7.65. The van der Waals surface area contributed by atoms with Crippen LogP contribution in [-0.2, 0) is 13.1 Å². The number of thiazole rings is 2. The van der Waals surface area contributed by atoms with Gasteiger partial charge in [0.1, 0.15) is 5.01 Å². The summed E-state index contributed by atoms with van der Waals surface area (Å²) in [4.78, 5) is 12.9. The van der Waals surface area contributed by atoms with Crippen molar-refractivity contribution in [1.29, 1.82) is 0 Å². The lowest BCUT2D eigenvalue weighted by Crippen LogP contribution is -2.29. The van der Waals surface area contributed by atoms with Crippen molar-refractivity contribution < 1.29 is 0 Å². The zero-order valence-electron chi connectivity index (χ0n) is 12.6. The maximum absolute atomic E-state index is 4.63. The summed E-state index contributed by atoms with van der Waals surface area (Å²) in [5, 5.41) is 6.83. The first-order chi connectivity index (χ1) is 10.2. The minimum atomic E-state index is 0.763. The predicted octanol–water partition coefficient (Wildman–Crippen LogP) is 2.83. The molecule has 0 spiro atoms. The summed E-state index contributed by atoms with van der Waals surface area (Å²) < 4.78 is 0. The smallest absolute Gasteiger partial charge is 0.107 e. The van der Waals surface area contributed by atoms with Crippen LogP contribution >= 0.6 is 22.7 Å². The van der Waals surface area contributed by atoms with Crippen molar-refractivity contribution in [2.45, 2.75) is 33.4 Å². The third-order valence-corrected chi connectivity index (χ3v) is 5.79. The molecule has 1 aliphatic rings. The molecule has 1 atom stereocenters. The van der Waals surface area contributed by atoms with Crippen LogP contribution in [0.5, 0.6) is 0 Å². The average Bonchev–Trinajstić information content (AvgIpc) is 3.16. The van der Waals surface area contributed by atoms with E-state index in [0.29, 0.717) is 0 Å². The van der Waals surface area contributed by atoms with Crippen molar-refractivity contribution in [1.82, 2.24) is 20.2 Å². The van der Waals surface area contributed by atoms with Crippen molar-refractivity contribution in [3.63, 3.8) is 0 Å². The van der Waals surface area contributed by atoms with Crippen molar-refractivity contribution in [3.8, 4) is 0 Å². The van der Waals surface area contributed by atoms with Crippen LogP contribution < -0.4 is 5.32 Å². The van der Waals surface area contributed by atoms with Crippen LogP contribution in [0.2, 0.25) is 0 Å². The van der Waals surface area contributed by atoms with Gasteiger partial charge in [0.25, 0.3) is 0 Å². The van der Waals surface area contributed by atoms with Crippen LogP contribution in [-0.4, -0.2) is 34.5 Å². The van der Waals surface area contributed by atoms with E-state index in [9.17, 15) is 0 Å². The number of aryl methyl sites for hydroxylation is 2. The van der Waals surface area contributed by atoms with Crippen molar-refractivity contribution in [3.05, 3.63) is 32.2 Å². The quantitative estimate of drug-likeness (QED) is 0.888. The van der Waals surface area contributed by atoms with Crippen LogP contribution in [0.15, 0.2) is 10.9 Å². The third kappa shape index (κ3) is 4.10. The molecule has 1 saturated heterocycles. The fourth-order valence-corrected chi connectivity index (χ4v) is 4.40. The van der Waals surface area contributed by atoms with Gasteiger partial charge in [-0.25, -0.2) is 9.97 Å². The van der Waals surface area contributed by atoms with Crippen molar-refractivity contribution >= 4 is 22.7 Å². The molecular weight excluding hydrogens is 300 g/mol. The number of rotatable bonds is 6. The van der Waals surface area contributed by atoms with Crippen molar-refractivity contribution in [2.75, 3.05) is 19.6 Å². The van der Waals surface area contributed by atoms with E-state index in [1.54, 1.807) is 22.7 Å². The SMILES string of the molecule is Cc1csc(CN(Cc2scnc2C)C[C@H]2CCNC2)n1. The Morgan fingerprint density at radius 1 is 1.33 bits per heavy atom.